The number of allylic oxidation sites excluding steroid dienone is 1. The molecule has 0 unspecified atom stereocenters. The lowest BCUT2D eigenvalue weighted by molar-refractivity contribution is -0.123. The highest BCUT2D eigenvalue weighted by atomic mass is 127. The zero-order valence-electron chi connectivity index (χ0n) is 7.11. The van der Waals surface area contributed by atoms with E-state index in [1.165, 1.54) is 12.0 Å². The van der Waals surface area contributed by atoms with Gasteiger partial charge in [-0.15, -0.1) is 0 Å². The van der Waals surface area contributed by atoms with Crippen molar-refractivity contribution in [2.45, 2.75) is 38.5 Å². The Hall–Kier alpha value is 0.140. The summed E-state index contributed by atoms with van der Waals surface area (Å²) in [6, 6.07) is 0. The van der Waals surface area contributed by atoms with Crippen molar-refractivity contribution in [2.75, 3.05) is 0 Å². The van der Waals surface area contributed by atoms with Crippen LogP contribution in [0.2, 0.25) is 0 Å². The van der Waals surface area contributed by atoms with Gasteiger partial charge in [-0.3, -0.25) is 4.79 Å². The number of carbonyl (C=O) groups is 1. The Bertz CT molecular complexity index is 240. The highest BCUT2D eigenvalue weighted by molar-refractivity contribution is 14.1. The molecule has 0 aromatic heterocycles. The molecule has 1 spiro atoms. The fourth-order valence-electron chi connectivity index (χ4n) is 2.67. The molecule has 2 heteroatoms. The van der Waals surface area contributed by atoms with E-state index >= 15 is 0 Å². The van der Waals surface area contributed by atoms with Crippen molar-refractivity contribution in [3.63, 3.8) is 0 Å². The van der Waals surface area contributed by atoms with E-state index in [9.17, 15) is 4.79 Å². The minimum Gasteiger partial charge on any atom is -0.299 e. The maximum absolute atomic E-state index is 11.7. The van der Waals surface area contributed by atoms with Crippen LogP contribution >= 0.6 is 22.6 Å². The Kier molecular flexibility index (Phi) is 2.27. The van der Waals surface area contributed by atoms with Gasteiger partial charge in [0.1, 0.15) is 5.78 Å². The Morgan fingerprint density at radius 2 is 1.92 bits per heavy atom. The average molecular weight is 276 g/mol. The zero-order valence-corrected chi connectivity index (χ0v) is 9.26. The summed E-state index contributed by atoms with van der Waals surface area (Å²) >= 11 is 2.28. The van der Waals surface area contributed by atoms with Gasteiger partial charge in [0, 0.05) is 6.42 Å². The quantitative estimate of drug-likeness (QED) is 0.621. The van der Waals surface area contributed by atoms with Crippen LogP contribution in [0.4, 0.5) is 0 Å². The summed E-state index contributed by atoms with van der Waals surface area (Å²) in [4.78, 5) is 11.7. The van der Waals surface area contributed by atoms with Gasteiger partial charge in [-0.05, 0) is 36.2 Å². The topological polar surface area (TPSA) is 17.1 Å². The normalized spacial score (nSPS) is 38.8. The van der Waals surface area contributed by atoms with Crippen LogP contribution in [-0.2, 0) is 4.79 Å². The molecule has 0 saturated heterocycles. The Morgan fingerprint density at radius 3 is 2.50 bits per heavy atom. The summed E-state index contributed by atoms with van der Waals surface area (Å²) in [5, 5.41) is 0. The standard InChI is InChI=1S/C10H13IO/c11-7-8-3-1-5-10(8)6-2-4-9(10)12/h7H,1-6H2/b8-7+/t10-/m0/s1. The van der Waals surface area contributed by atoms with E-state index in [2.05, 4.69) is 26.7 Å². The lowest BCUT2D eigenvalue weighted by Crippen LogP contribution is -2.23. The summed E-state index contributed by atoms with van der Waals surface area (Å²) in [5.41, 5.74) is 1.45. The molecule has 0 radical (unpaired) electrons. The fraction of sp³-hybridized carbons (Fsp3) is 0.700. The minimum absolute atomic E-state index is 0.0290. The van der Waals surface area contributed by atoms with Crippen LogP contribution in [0.15, 0.2) is 9.66 Å². The van der Waals surface area contributed by atoms with Crippen molar-refractivity contribution in [3.05, 3.63) is 9.66 Å². The van der Waals surface area contributed by atoms with Crippen LogP contribution in [-0.4, -0.2) is 5.78 Å². The second-order valence-electron chi connectivity index (χ2n) is 3.85. The second-order valence-corrected chi connectivity index (χ2v) is 4.47. The fourth-order valence-corrected chi connectivity index (χ4v) is 3.58. The van der Waals surface area contributed by atoms with Gasteiger partial charge in [-0.2, -0.15) is 0 Å². The van der Waals surface area contributed by atoms with E-state index in [4.69, 9.17) is 0 Å². The van der Waals surface area contributed by atoms with Crippen LogP contribution < -0.4 is 0 Å². The monoisotopic (exact) mass is 276 g/mol. The molecule has 0 aromatic carbocycles. The van der Waals surface area contributed by atoms with Gasteiger partial charge in [0.25, 0.3) is 0 Å². The molecule has 12 heavy (non-hydrogen) atoms. The number of carbonyl (C=O) groups excluding carboxylic acids is 1. The number of hydrogen-bond donors (Lipinski definition) is 0. The van der Waals surface area contributed by atoms with E-state index < -0.39 is 0 Å². The molecule has 0 heterocycles. The van der Waals surface area contributed by atoms with Crippen molar-refractivity contribution in [3.8, 4) is 0 Å². The lowest BCUT2D eigenvalue weighted by Gasteiger charge is -2.22. The van der Waals surface area contributed by atoms with E-state index in [1.807, 2.05) is 0 Å². The molecular formula is C10H13IO. The molecule has 0 aliphatic heterocycles. The van der Waals surface area contributed by atoms with Gasteiger partial charge < -0.3 is 0 Å². The molecule has 2 saturated carbocycles. The predicted molar refractivity (Wildman–Crippen MR) is 57.2 cm³/mol. The smallest absolute Gasteiger partial charge is 0.143 e. The summed E-state index contributed by atoms with van der Waals surface area (Å²) in [6.07, 6.45) is 6.58. The third-order valence-corrected chi connectivity index (χ3v) is 4.09. The van der Waals surface area contributed by atoms with Gasteiger partial charge >= 0.3 is 0 Å². The first-order valence-electron chi connectivity index (χ1n) is 4.63. The molecule has 0 aromatic rings. The Balaban J connectivity index is 2.35. The van der Waals surface area contributed by atoms with Crippen molar-refractivity contribution < 1.29 is 4.79 Å². The van der Waals surface area contributed by atoms with E-state index in [0.717, 1.165) is 32.1 Å². The molecule has 66 valence electrons. The maximum atomic E-state index is 11.7. The summed E-state index contributed by atoms with van der Waals surface area (Å²) in [7, 11) is 0. The Morgan fingerprint density at radius 1 is 1.25 bits per heavy atom. The maximum Gasteiger partial charge on any atom is 0.143 e. The first kappa shape index (κ1) is 8.73. The number of hydrogen-bond acceptors (Lipinski definition) is 1. The third-order valence-electron chi connectivity index (χ3n) is 3.34. The molecule has 0 amide bonds. The molecule has 2 rings (SSSR count). The summed E-state index contributed by atoms with van der Waals surface area (Å²) in [6.45, 7) is 0. The lowest BCUT2D eigenvalue weighted by atomic mass is 9.80. The highest BCUT2D eigenvalue weighted by Crippen LogP contribution is 2.51. The number of ketones is 1. The van der Waals surface area contributed by atoms with Crippen LogP contribution in [0.3, 0.4) is 0 Å². The van der Waals surface area contributed by atoms with E-state index in [-0.39, 0.29) is 5.41 Å². The molecule has 2 aliphatic rings. The van der Waals surface area contributed by atoms with Gasteiger partial charge in [-0.1, -0.05) is 28.2 Å². The van der Waals surface area contributed by atoms with E-state index in [0.29, 0.717) is 5.78 Å². The highest BCUT2D eigenvalue weighted by Gasteiger charge is 2.46. The van der Waals surface area contributed by atoms with Crippen LogP contribution in [0, 0.1) is 5.41 Å². The molecule has 0 N–H and O–H groups in total. The predicted octanol–water partition coefficient (Wildman–Crippen LogP) is 3.23. The second kappa shape index (κ2) is 3.13. The molecular weight excluding hydrogens is 263 g/mol. The van der Waals surface area contributed by atoms with Crippen molar-refractivity contribution in [1.82, 2.24) is 0 Å². The first-order chi connectivity index (χ1) is 5.79. The van der Waals surface area contributed by atoms with Crippen molar-refractivity contribution >= 4 is 28.4 Å². The minimum atomic E-state index is 0.0290. The van der Waals surface area contributed by atoms with Gasteiger partial charge in [0.2, 0.25) is 0 Å². The third kappa shape index (κ3) is 1.07. The molecule has 2 fully saturated rings. The van der Waals surface area contributed by atoms with E-state index in [1.54, 1.807) is 0 Å². The van der Waals surface area contributed by atoms with Gasteiger partial charge in [0.15, 0.2) is 0 Å². The zero-order chi connectivity index (χ0) is 8.60. The first-order valence-corrected chi connectivity index (χ1v) is 5.87. The van der Waals surface area contributed by atoms with Crippen LogP contribution in [0.25, 0.3) is 0 Å². The van der Waals surface area contributed by atoms with Gasteiger partial charge in [-0.25, -0.2) is 0 Å². The summed E-state index contributed by atoms with van der Waals surface area (Å²) in [5.74, 6) is 0.517. The summed E-state index contributed by atoms with van der Waals surface area (Å²) < 4.78 is 2.15. The molecule has 1 nitrogen and oxygen atoms in total. The molecule has 2 aliphatic carbocycles. The number of rotatable bonds is 0. The average Bonchev–Trinajstić information content (AvgIpc) is 2.62. The van der Waals surface area contributed by atoms with Crippen LogP contribution in [0.5, 0.6) is 0 Å². The Labute approximate surface area is 86.7 Å². The largest absolute Gasteiger partial charge is 0.299 e. The number of halogens is 1. The SMILES string of the molecule is O=C1CCC[C@]12CCC/C2=C\I. The van der Waals surface area contributed by atoms with Crippen LogP contribution in [0.1, 0.15) is 38.5 Å². The van der Waals surface area contributed by atoms with Gasteiger partial charge in [0.05, 0.1) is 5.41 Å². The molecule has 1 atom stereocenters. The van der Waals surface area contributed by atoms with Crippen molar-refractivity contribution in [1.29, 1.82) is 0 Å². The van der Waals surface area contributed by atoms with Crippen molar-refractivity contribution in [2.24, 2.45) is 5.41 Å². The number of Topliss-reactive ketones (excluding diaryl/α,β-unsaturated/α-hetero) is 1. The molecule has 0 bridgehead atoms.